The van der Waals surface area contributed by atoms with Gasteiger partial charge in [0.1, 0.15) is 0 Å². The van der Waals surface area contributed by atoms with Crippen molar-refractivity contribution in [3.8, 4) is 5.69 Å². The van der Waals surface area contributed by atoms with Crippen LogP contribution in [0.1, 0.15) is 39.5 Å². The fourth-order valence-corrected chi connectivity index (χ4v) is 5.74. The number of nitrogens with one attached hydrogen (secondary N) is 2. The molecule has 34 heavy (non-hydrogen) atoms. The van der Waals surface area contributed by atoms with Gasteiger partial charge in [0, 0.05) is 29.6 Å². The van der Waals surface area contributed by atoms with E-state index in [1.165, 1.54) is 30.0 Å². The Morgan fingerprint density at radius 1 is 1.29 bits per heavy atom. The molecular formula is C22H28FN9OS. The van der Waals surface area contributed by atoms with Crippen LogP contribution in [0.15, 0.2) is 35.6 Å². The summed E-state index contributed by atoms with van der Waals surface area (Å²) in [6, 6.07) is 7.89. The van der Waals surface area contributed by atoms with Gasteiger partial charge >= 0.3 is 0 Å². The number of piperidine rings is 1. The summed E-state index contributed by atoms with van der Waals surface area (Å²) in [5, 5.41) is 18.1. The molecule has 12 heteroatoms. The molecule has 5 rings (SSSR count). The first kappa shape index (κ1) is 22.8. The maximum absolute atomic E-state index is 14.6. The molecule has 0 amide bonds. The third kappa shape index (κ3) is 4.51. The summed E-state index contributed by atoms with van der Waals surface area (Å²) in [6.07, 6.45) is 7.00. The first-order valence-corrected chi connectivity index (χ1v) is 12.9. The second-order valence-electron chi connectivity index (χ2n) is 9.48. The molecule has 0 saturated carbocycles. The topological polar surface area (TPSA) is 114 Å². The average molecular weight is 486 g/mol. The van der Waals surface area contributed by atoms with Gasteiger partial charge in [-0.1, -0.05) is 11.2 Å². The lowest BCUT2D eigenvalue weighted by molar-refractivity contribution is 0.0500. The molecule has 2 aliphatic heterocycles. The highest BCUT2D eigenvalue weighted by molar-refractivity contribution is 7.84. The van der Waals surface area contributed by atoms with E-state index in [4.69, 9.17) is 0 Å². The fourth-order valence-electron chi connectivity index (χ4n) is 5.21. The van der Waals surface area contributed by atoms with Crippen LogP contribution in [0.4, 0.5) is 21.8 Å². The number of anilines is 3. The Hall–Kier alpha value is -2.99. The van der Waals surface area contributed by atoms with Crippen molar-refractivity contribution < 1.29 is 8.60 Å². The van der Waals surface area contributed by atoms with Crippen molar-refractivity contribution >= 4 is 28.3 Å². The van der Waals surface area contributed by atoms with Gasteiger partial charge in [0.05, 0.1) is 22.7 Å². The second kappa shape index (κ2) is 8.99. The van der Waals surface area contributed by atoms with Gasteiger partial charge in [0.2, 0.25) is 11.1 Å². The van der Waals surface area contributed by atoms with Gasteiger partial charge in [-0.05, 0) is 74.7 Å². The predicted molar refractivity (Wildman–Crippen MR) is 127 cm³/mol. The molecule has 3 unspecified atom stereocenters. The third-order valence-corrected chi connectivity index (χ3v) is 7.36. The highest BCUT2D eigenvalue weighted by Crippen LogP contribution is 2.38. The predicted octanol–water partition coefficient (Wildman–Crippen LogP) is 2.89. The van der Waals surface area contributed by atoms with E-state index in [9.17, 15) is 8.60 Å². The number of rotatable bonds is 6. The van der Waals surface area contributed by atoms with Gasteiger partial charge < -0.3 is 10.6 Å². The minimum Gasteiger partial charge on any atom is -0.365 e. The third-order valence-electron chi connectivity index (χ3n) is 6.59. The highest BCUT2D eigenvalue weighted by Gasteiger charge is 2.43. The zero-order chi connectivity index (χ0) is 23.9. The van der Waals surface area contributed by atoms with Crippen molar-refractivity contribution in [1.82, 2.24) is 35.1 Å². The SMILES string of the molecule is CS(=O)c1nnnn1-c1cccc(Nc2ncc(F)c(NC3CC4CCCN4C(C)(C)C3)n2)c1. The van der Waals surface area contributed by atoms with Crippen LogP contribution in [0.3, 0.4) is 0 Å². The molecular weight excluding hydrogens is 457 g/mol. The Morgan fingerprint density at radius 3 is 2.97 bits per heavy atom. The number of tetrazole rings is 1. The molecule has 0 spiro atoms. The summed E-state index contributed by atoms with van der Waals surface area (Å²) >= 11 is 0. The van der Waals surface area contributed by atoms with Gasteiger partial charge in [-0.25, -0.2) is 9.37 Å². The Morgan fingerprint density at radius 2 is 2.15 bits per heavy atom. The second-order valence-corrected chi connectivity index (χ2v) is 10.7. The van der Waals surface area contributed by atoms with Crippen LogP contribution in [-0.2, 0) is 10.8 Å². The van der Waals surface area contributed by atoms with Gasteiger partial charge in [0.25, 0.3) is 0 Å². The van der Waals surface area contributed by atoms with Crippen LogP contribution >= 0.6 is 0 Å². The number of fused-ring (bicyclic) bond motifs is 1. The van der Waals surface area contributed by atoms with Gasteiger partial charge in [-0.2, -0.15) is 9.67 Å². The first-order valence-electron chi connectivity index (χ1n) is 11.4. The van der Waals surface area contributed by atoms with Crippen molar-refractivity contribution in [1.29, 1.82) is 0 Å². The summed E-state index contributed by atoms with van der Waals surface area (Å²) in [5.41, 5.74) is 1.37. The number of hydrogen-bond acceptors (Lipinski definition) is 9. The fraction of sp³-hybridized carbons (Fsp3) is 0.500. The van der Waals surface area contributed by atoms with Crippen LogP contribution in [-0.4, -0.2) is 69.7 Å². The van der Waals surface area contributed by atoms with Crippen LogP contribution in [0.5, 0.6) is 0 Å². The smallest absolute Gasteiger partial charge is 0.244 e. The molecule has 0 radical (unpaired) electrons. The molecule has 0 bridgehead atoms. The van der Waals surface area contributed by atoms with Crippen molar-refractivity contribution in [3.63, 3.8) is 0 Å². The molecule has 2 aliphatic rings. The molecule has 3 atom stereocenters. The molecule has 180 valence electrons. The molecule has 0 aliphatic carbocycles. The van der Waals surface area contributed by atoms with Crippen molar-refractivity contribution in [2.24, 2.45) is 0 Å². The van der Waals surface area contributed by atoms with Crippen LogP contribution < -0.4 is 10.6 Å². The Bertz CT molecular complexity index is 1220. The highest BCUT2D eigenvalue weighted by atomic mass is 32.2. The van der Waals surface area contributed by atoms with E-state index in [2.05, 4.69) is 54.9 Å². The van der Waals surface area contributed by atoms with E-state index in [1.807, 2.05) is 12.1 Å². The minimum atomic E-state index is -1.34. The van der Waals surface area contributed by atoms with Crippen LogP contribution in [0.2, 0.25) is 0 Å². The number of nitrogens with zero attached hydrogens (tertiary/aromatic N) is 7. The Labute approximate surface area is 199 Å². The number of hydrogen-bond donors (Lipinski definition) is 2. The largest absolute Gasteiger partial charge is 0.365 e. The van der Waals surface area contributed by atoms with Crippen LogP contribution in [0.25, 0.3) is 5.69 Å². The molecule has 2 N–H and O–H groups in total. The summed E-state index contributed by atoms with van der Waals surface area (Å²) in [7, 11) is -1.34. The lowest BCUT2D eigenvalue weighted by Gasteiger charge is -2.47. The lowest BCUT2D eigenvalue weighted by atomic mass is 9.84. The summed E-state index contributed by atoms with van der Waals surface area (Å²) < 4.78 is 27.9. The lowest BCUT2D eigenvalue weighted by Crippen LogP contribution is -2.55. The zero-order valence-electron chi connectivity index (χ0n) is 19.4. The van der Waals surface area contributed by atoms with E-state index in [0.29, 0.717) is 17.4 Å². The minimum absolute atomic E-state index is 0.0688. The normalized spacial score (nSPS) is 22.8. The van der Waals surface area contributed by atoms with Gasteiger partial charge in [0.15, 0.2) is 11.6 Å². The number of halogens is 1. The Kier molecular flexibility index (Phi) is 6.02. The first-order chi connectivity index (χ1) is 16.3. The van der Waals surface area contributed by atoms with E-state index in [-0.39, 0.29) is 28.5 Å². The molecule has 1 aromatic carbocycles. The number of aromatic nitrogens is 6. The molecule has 2 saturated heterocycles. The Balaban J connectivity index is 1.34. The standard InChI is InChI=1S/C22H28FN9OS/c1-22(2)12-15(11-16-8-5-9-31(16)22)25-19-18(23)13-24-20(27-19)26-14-6-4-7-17(10-14)32-21(34(3)33)28-29-30-32/h4,6-7,10,13,15-16H,5,8-9,11-12H2,1-3H3,(H2,24,25,26,27). The van der Waals surface area contributed by atoms with Crippen molar-refractivity contribution in [3.05, 3.63) is 36.3 Å². The van der Waals surface area contributed by atoms with Gasteiger partial charge in [-0.3, -0.25) is 9.11 Å². The quantitative estimate of drug-likeness (QED) is 0.544. The van der Waals surface area contributed by atoms with Crippen molar-refractivity contribution in [2.45, 2.75) is 62.3 Å². The maximum Gasteiger partial charge on any atom is 0.244 e. The molecule has 2 fully saturated rings. The molecule has 2 aromatic heterocycles. The summed E-state index contributed by atoms with van der Waals surface area (Å²) in [4.78, 5) is 11.1. The van der Waals surface area contributed by atoms with Crippen LogP contribution in [0, 0.1) is 5.82 Å². The average Bonchev–Trinajstić information content (AvgIpc) is 3.46. The molecule has 4 heterocycles. The molecule has 10 nitrogen and oxygen atoms in total. The van der Waals surface area contributed by atoms with E-state index < -0.39 is 16.6 Å². The van der Waals surface area contributed by atoms with E-state index in [1.54, 1.807) is 12.1 Å². The summed E-state index contributed by atoms with van der Waals surface area (Å²) in [6.45, 7) is 5.67. The maximum atomic E-state index is 14.6. The summed E-state index contributed by atoms with van der Waals surface area (Å²) in [5.74, 6) is -0.00521. The van der Waals surface area contributed by atoms with Gasteiger partial charge in [-0.15, -0.1) is 0 Å². The molecule has 3 aromatic rings. The zero-order valence-corrected chi connectivity index (χ0v) is 20.2. The van der Waals surface area contributed by atoms with Crippen molar-refractivity contribution in [2.75, 3.05) is 23.4 Å². The number of benzene rings is 1. The van der Waals surface area contributed by atoms with E-state index in [0.717, 1.165) is 19.4 Å². The van der Waals surface area contributed by atoms with E-state index >= 15 is 0 Å². The monoisotopic (exact) mass is 485 g/mol.